The fraction of sp³-hybridized carbons (Fsp3) is 0.895. The van der Waals surface area contributed by atoms with Crippen molar-refractivity contribution in [3.63, 3.8) is 0 Å². The summed E-state index contributed by atoms with van der Waals surface area (Å²) >= 11 is 0. The molecule has 0 aromatic carbocycles. The zero-order valence-electron chi connectivity index (χ0n) is 16.3. The number of hydrogen-bond donors (Lipinski definition) is 1. The predicted molar refractivity (Wildman–Crippen MR) is 97.9 cm³/mol. The molecule has 2 amide bonds. The highest BCUT2D eigenvalue weighted by Gasteiger charge is 2.38. The summed E-state index contributed by atoms with van der Waals surface area (Å²) in [6.45, 7) is 9.54. The third-order valence-corrected chi connectivity index (χ3v) is 5.52. The molecule has 2 atom stereocenters. The highest BCUT2D eigenvalue weighted by Crippen LogP contribution is 2.25. The van der Waals surface area contributed by atoms with Crippen molar-refractivity contribution in [3.8, 4) is 0 Å². The maximum absolute atomic E-state index is 12.1. The number of rotatable bonds is 3. The summed E-state index contributed by atoms with van der Waals surface area (Å²) in [5.74, 6) is 0.323. The second-order valence-corrected chi connectivity index (χ2v) is 8.67. The van der Waals surface area contributed by atoms with Gasteiger partial charge in [-0.1, -0.05) is 0 Å². The van der Waals surface area contributed by atoms with Crippen LogP contribution < -0.4 is 5.32 Å². The van der Waals surface area contributed by atoms with Gasteiger partial charge in [0, 0.05) is 32.1 Å². The fourth-order valence-corrected chi connectivity index (χ4v) is 4.24. The number of carbonyl (C=O) groups excluding carboxylic acids is 2. The molecule has 0 radical (unpaired) electrons. The van der Waals surface area contributed by atoms with Crippen molar-refractivity contribution in [1.29, 1.82) is 0 Å². The highest BCUT2D eigenvalue weighted by atomic mass is 16.6. The fourth-order valence-electron chi connectivity index (χ4n) is 4.24. The van der Waals surface area contributed by atoms with E-state index in [4.69, 9.17) is 9.47 Å². The smallest absolute Gasteiger partial charge is 0.408 e. The average Bonchev–Trinajstić information content (AvgIpc) is 3.02. The summed E-state index contributed by atoms with van der Waals surface area (Å²) in [5, 5.41) is 2.97. The van der Waals surface area contributed by atoms with Gasteiger partial charge in [0.15, 0.2) is 0 Å². The summed E-state index contributed by atoms with van der Waals surface area (Å²) in [6, 6.07) is 0.511. The Morgan fingerprint density at radius 1 is 1.15 bits per heavy atom. The van der Waals surface area contributed by atoms with E-state index in [-0.39, 0.29) is 18.2 Å². The molecule has 0 spiro atoms. The lowest BCUT2D eigenvalue weighted by Gasteiger charge is -2.42. The zero-order chi connectivity index (χ0) is 18.7. The molecule has 1 N–H and O–H groups in total. The predicted octanol–water partition coefficient (Wildman–Crippen LogP) is 1.76. The number of ether oxygens (including phenoxy) is 2. The number of amides is 2. The molecular weight excluding hydrogens is 334 g/mol. The van der Waals surface area contributed by atoms with E-state index in [0.717, 1.165) is 45.3 Å². The Morgan fingerprint density at radius 3 is 2.54 bits per heavy atom. The number of nitrogens with one attached hydrogen (secondary N) is 1. The van der Waals surface area contributed by atoms with Gasteiger partial charge in [-0.15, -0.1) is 0 Å². The number of carbonyl (C=O) groups is 2. The van der Waals surface area contributed by atoms with Crippen molar-refractivity contribution in [3.05, 3.63) is 0 Å². The largest absolute Gasteiger partial charge is 0.444 e. The van der Waals surface area contributed by atoms with Crippen LogP contribution in [0.25, 0.3) is 0 Å². The van der Waals surface area contributed by atoms with Crippen LogP contribution >= 0.6 is 0 Å². The second kappa shape index (κ2) is 8.13. The van der Waals surface area contributed by atoms with Crippen molar-refractivity contribution in [1.82, 2.24) is 15.1 Å². The van der Waals surface area contributed by atoms with Gasteiger partial charge >= 0.3 is 6.09 Å². The Bertz CT molecular complexity index is 511. The van der Waals surface area contributed by atoms with E-state index >= 15 is 0 Å². The average molecular weight is 367 g/mol. The van der Waals surface area contributed by atoms with Crippen molar-refractivity contribution >= 4 is 12.0 Å². The van der Waals surface area contributed by atoms with Crippen molar-refractivity contribution in [2.75, 3.05) is 32.8 Å². The minimum Gasteiger partial charge on any atom is -0.444 e. The first kappa shape index (κ1) is 19.4. The summed E-state index contributed by atoms with van der Waals surface area (Å²) in [7, 11) is 0. The summed E-state index contributed by atoms with van der Waals surface area (Å²) in [6.07, 6.45) is 4.49. The molecule has 3 aliphatic rings. The van der Waals surface area contributed by atoms with Gasteiger partial charge in [-0.05, 0) is 46.5 Å². The minimum atomic E-state index is -0.502. The van der Waals surface area contributed by atoms with Crippen molar-refractivity contribution < 1.29 is 19.1 Å². The van der Waals surface area contributed by atoms with Gasteiger partial charge in [-0.2, -0.15) is 0 Å². The van der Waals surface area contributed by atoms with Crippen molar-refractivity contribution in [2.24, 2.45) is 0 Å². The van der Waals surface area contributed by atoms with Gasteiger partial charge in [-0.3, -0.25) is 9.69 Å². The SMILES string of the molecule is CC(C)(C)OC(=O)N[C@H]1COCC1N1CCC(N2CCCCC2=O)CC1. The Kier molecular flexibility index (Phi) is 6.07. The molecule has 0 saturated carbocycles. The monoisotopic (exact) mass is 367 g/mol. The first-order valence-corrected chi connectivity index (χ1v) is 9.94. The molecule has 3 saturated heterocycles. The normalized spacial score (nSPS) is 29.0. The number of likely N-dealkylation sites (tertiary alicyclic amines) is 2. The van der Waals surface area contributed by atoms with Gasteiger partial charge in [0.2, 0.25) is 5.91 Å². The maximum atomic E-state index is 12.1. The van der Waals surface area contributed by atoms with Crippen LogP contribution in [0.3, 0.4) is 0 Å². The molecule has 0 aromatic heterocycles. The third-order valence-electron chi connectivity index (χ3n) is 5.52. The minimum absolute atomic E-state index is 0.0435. The zero-order valence-corrected chi connectivity index (χ0v) is 16.3. The topological polar surface area (TPSA) is 71.1 Å². The molecule has 3 aliphatic heterocycles. The Balaban J connectivity index is 1.50. The van der Waals surface area contributed by atoms with Gasteiger partial charge in [0.1, 0.15) is 5.60 Å². The molecule has 3 rings (SSSR count). The van der Waals surface area contributed by atoms with Gasteiger partial charge in [-0.25, -0.2) is 4.79 Å². The highest BCUT2D eigenvalue weighted by molar-refractivity contribution is 5.77. The van der Waals surface area contributed by atoms with Crippen LogP contribution in [0.15, 0.2) is 0 Å². The van der Waals surface area contributed by atoms with E-state index in [0.29, 0.717) is 31.6 Å². The van der Waals surface area contributed by atoms with Crippen molar-refractivity contribution in [2.45, 2.75) is 76.6 Å². The Hall–Kier alpha value is -1.34. The van der Waals surface area contributed by atoms with Crippen LogP contribution in [0.5, 0.6) is 0 Å². The van der Waals surface area contributed by atoms with E-state index in [1.807, 2.05) is 20.8 Å². The van der Waals surface area contributed by atoms with E-state index in [9.17, 15) is 9.59 Å². The van der Waals surface area contributed by atoms with E-state index in [1.165, 1.54) is 0 Å². The summed E-state index contributed by atoms with van der Waals surface area (Å²) in [5.41, 5.74) is -0.502. The van der Waals surface area contributed by atoms with Crippen LogP contribution in [-0.4, -0.2) is 78.4 Å². The van der Waals surface area contributed by atoms with Crippen LogP contribution in [0, 0.1) is 0 Å². The quantitative estimate of drug-likeness (QED) is 0.823. The molecule has 0 aromatic rings. The number of piperidine rings is 2. The second-order valence-electron chi connectivity index (χ2n) is 8.67. The first-order valence-electron chi connectivity index (χ1n) is 9.94. The van der Waals surface area contributed by atoms with Gasteiger partial charge < -0.3 is 19.7 Å². The van der Waals surface area contributed by atoms with Crippen LogP contribution in [0.4, 0.5) is 4.79 Å². The summed E-state index contributed by atoms with van der Waals surface area (Å²) in [4.78, 5) is 28.7. The first-order chi connectivity index (χ1) is 12.3. The molecular formula is C19H33N3O4. The molecule has 148 valence electrons. The van der Waals surface area contributed by atoms with Gasteiger partial charge in [0.05, 0.1) is 25.3 Å². The molecule has 0 aliphatic carbocycles. The number of nitrogens with zero attached hydrogens (tertiary/aromatic N) is 2. The summed E-state index contributed by atoms with van der Waals surface area (Å²) < 4.78 is 11.0. The molecule has 7 heteroatoms. The lowest BCUT2D eigenvalue weighted by atomic mass is 9.97. The number of hydrogen-bond acceptors (Lipinski definition) is 5. The van der Waals surface area contributed by atoms with E-state index < -0.39 is 5.60 Å². The number of alkyl carbamates (subject to hydrolysis) is 1. The third kappa shape index (κ3) is 4.88. The standard InChI is InChI=1S/C19H33N3O4/c1-19(2,3)26-18(24)20-15-12-25-13-16(15)21-10-7-14(8-11-21)22-9-5-4-6-17(22)23/h14-16H,4-13H2,1-3H3,(H,20,24)/t15-,16?/m0/s1. The van der Waals surface area contributed by atoms with Crippen LogP contribution in [-0.2, 0) is 14.3 Å². The molecule has 7 nitrogen and oxygen atoms in total. The molecule has 3 fully saturated rings. The molecule has 1 unspecified atom stereocenters. The lowest BCUT2D eigenvalue weighted by molar-refractivity contribution is -0.137. The Labute approximate surface area is 156 Å². The van der Waals surface area contributed by atoms with E-state index in [1.54, 1.807) is 0 Å². The maximum Gasteiger partial charge on any atom is 0.408 e. The van der Waals surface area contributed by atoms with Crippen LogP contribution in [0.2, 0.25) is 0 Å². The van der Waals surface area contributed by atoms with Gasteiger partial charge in [0.25, 0.3) is 0 Å². The Morgan fingerprint density at radius 2 is 1.88 bits per heavy atom. The van der Waals surface area contributed by atoms with Crippen LogP contribution in [0.1, 0.15) is 52.9 Å². The lowest BCUT2D eigenvalue weighted by Crippen LogP contribution is -2.56. The molecule has 26 heavy (non-hydrogen) atoms. The molecule has 0 bridgehead atoms. The van der Waals surface area contributed by atoms with E-state index in [2.05, 4.69) is 15.1 Å². The molecule has 3 heterocycles.